The number of benzene rings is 1. The predicted molar refractivity (Wildman–Crippen MR) is 52.3 cm³/mol. The number of rotatable bonds is 1. The molecule has 1 heteroatoms. The highest BCUT2D eigenvalue weighted by molar-refractivity contribution is 5.37. The van der Waals surface area contributed by atoms with Gasteiger partial charge < -0.3 is 0 Å². The second kappa shape index (κ2) is 2.88. The van der Waals surface area contributed by atoms with E-state index in [1.807, 2.05) is 6.07 Å². The van der Waals surface area contributed by atoms with E-state index in [1.54, 1.807) is 0 Å². The first-order valence-corrected chi connectivity index (χ1v) is 4.75. The molecule has 1 fully saturated rings. The molecule has 0 aromatic heterocycles. The number of hydrogen-bond acceptors (Lipinski definition) is 1. The van der Waals surface area contributed by atoms with Crippen LogP contribution >= 0.6 is 0 Å². The molecule has 1 aliphatic carbocycles. The van der Waals surface area contributed by atoms with Crippen molar-refractivity contribution in [3.8, 4) is 6.07 Å². The van der Waals surface area contributed by atoms with Crippen LogP contribution in [-0.4, -0.2) is 0 Å². The van der Waals surface area contributed by atoms with Crippen LogP contribution in [0.3, 0.4) is 0 Å². The third-order valence-corrected chi connectivity index (χ3v) is 2.99. The lowest BCUT2D eigenvalue weighted by molar-refractivity contribution is 0.324. The third kappa shape index (κ3) is 1.23. The average molecular weight is 171 g/mol. The van der Waals surface area contributed by atoms with E-state index in [1.165, 1.54) is 17.5 Å². The van der Waals surface area contributed by atoms with Crippen LogP contribution in [0.2, 0.25) is 0 Å². The molecular weight excluding hydrogens is 158 g/mol. The summed E-state index contributed by atoms with van der Waals surface area (Å²) in [5.74, 6) is 0. The van der Waals surface area contributed by atoms with Crippen molar-refractivity contribution in [3.63, 3.8) is 0 Å². The predicted octanol–water partition coefficient (Wildman–Crippen LogP) is 2.94. The van der Waals surface area contributed by atoms with Crippen LogP contribution in [0.25, 0.3) is 0 Å². The molecule has 0 heterocycles. The van der Waals surface area contributed by atoms with Gasteiger partial charge in [0.2, 0.25) is 0 Å². The Morgan fingerprint density at radius 3 is 2.62 bits per heavy atom. The minimum absolute atomic E-state index is 0.147. The molecule has 0 radical (unpaired) electrons. The van der Waals surface area contributed by atoms with Crippen LogP contribution in [-0.2, 0) is 5.41 Å². The third-order valence-electron chi connectivity index (χ3n) is 2.99. The Morgan fingerprint density at radius 2 is 2.15 bits per heavy atom. The van der Waals surface area contributed by atoms with Gasteiger partial charge >= 0.3 is 0 Å². The summed E-state index contributed by atoms with van der Waals surface area (Å²) < 4.78 is 0. The molecule has 13 heavy (non-hydrogen) atoms. The fraction of sp³-hybridized carbons (Fsp3) is 0.417. The van der Waals surface area contributed by atoms with Crippen molar-refractivity contribution in [3.05, 3.63) is 35.4 Å². The number of nitriles is 1. The zero-order chi connectivity index (χ0) is 9.31. The van der Waals surface area contributed by atoms with Gasteiger partial charge in [0.15, 0.2) is 0 Å². The summed E-state index contributed by atoms with van der Waals surface area (Å²) >= 11 is 0. The second-order valence-electron chi connectivity index (χ2n) is 3.92. The van der Waals surface area contributed by atoms with Gasteiger partial charge in [0.1, 0.15) is 0 Å². The van der Waals surface area contributed by atoms with E-state index in [0.29, 0.717) is 0 Å². The molecule has 0 bridgehead atoms. The van der Waals surface area contributed by atoms with Gasteiger partial charge in [0.25, 0.3) is 0 Å². The van der Waals surface area contributed by atoms with E-state index in [0.717, 1.165) is 12.8 Å². The molecule has 0 atom stereocenters. The molecule has 1 nitrogen and oxygen atoms in total. The quantitative estimate of drug-likeness (QED) is 0.637. The maximum atomic E-state index is 9.13. The lowest BCUT2D eigenvalue weighted by Gasteiger charge is -2.35. The number of hydrogen-bond donors (Lipinski definition) is 0. The molecule has 0 N–H and O–H groups in total. The Labute approximate surface area is 79.0 Å². The fourth-order valence-electron chi connectivity index (χ4n) is 1.94. The van der Waals surface area contributed by atoms with Gasteiger partial charge in [-0.1, -0.05) is 29.8 Å². The molecule has 1 aromatic carbocycles. The van der Waals surface area contributed by atoms with Crippen LogP contribution in [0.4, 0.5) is 0 Å². The summed E-state index contributed by atoms with van der Waals surface area (Å²) in [5, 5.41) is 9.13. The van der Waals surface area contributed by atoms with E-state index < -0.39 is 0 Å². The van der Waals surface area contributed by atoms with Gasteiger partial charge in [0, 0.05) is 0 Å². The molecule has 1 aromatic rings. The Kier molecular flexibility index (Phi) is 1.84. The normalized spacial score (nSPS) is 18.8. The van der Waals surface area contributed by atoms with Crippen LogP contribution in [0.1, 0.15) is 30.4 Å². The molecule has 1 saturated carbocycles. The first-order chi connectivity index (χ1) is 6.27. The molecule has 0 saturated heterocycles. The van der Waals surface area contributed by atoms with E-state index in [9.17, 15) is 0 Å². The van der Waals surface area contributed by atoms with Crippen LogP contribution in [0.15, 0.2) is 24.3 Å². The molecule has 2 rings (SSSR count). The van der Waals surface area contributed by atoms with Gasteiger partial charge in [-0.15, -0.1) is 0 Å². The van der Waals surface area contributed by atoms with Crippen molar-refractivity contribution in [2.45, 2.75) is 31.6 Å². The van der Waals surface area contributed by atoms with Gasteiger partial charge in [-0.05, 0) is 31.7 Å². The maximum absolute atomic E-state index is 9.13. The molecule has 0 unspecified atom stereocenters. The Balaban J connectivity index is 2.40. The highest BCUT2D eigenvalue weighted by atomic mass is 14.4. The minimum Gasteiger partial charge on any atom is -0.197 e. The standard InChI is InChI=1S/C12H13N/c1-10-4-2-5-11(8-10)12(9-13)6-3-7-12/h2,4-5,8H,3,6-7H2,1H3. The summed E-state index contributed by atoms with van der Waals surface area (Å²) in [6.45, 7) is 2.08. The van der Waals surface area contributed by atoms with Gasteiger partial charge in [0.05, 0.1) is 11.5 Å². The molecule has 1 aliphatic rings. The van der Waals surface area contributed by atoms with E-state index >= 15 is 0 Å². The van der Waals surface area contributed by atoms with Crippen molar-refractivity contribution in [1.82, 2.24) is 0 Å². The van der Waals surface area contributed by atoms with Crippen molar-refractivity contribution in [2.75, 3.05) is 0 Å². The van der Waals surface area contributed by atoms with Gasteiger partial charge in [-0.25, -0.2) is 0 Å². The molecule has 0 amide bonds. The van der Waals surface area contributed by atoms with Crippen LogP contribution in [0.5, 0.6) is 0 Å². The minimum atomic E-state index is -0.147. The molecule has 0 aliphatic heterocycles. The van der Waals surface area contributed by atoms with E-state index in [2.05, 4.69) is 31.2 Å². The lowest BCUT2D eigenvalue weighted by atomic mass is 9.65. The summed E-state index contributed by atoms with van der Waals surface area (Å²) in [7, 11) is 0. The monoisotopic (exact) mass is 171 g/mol. The summed E-state index contributed by atoms with van der Waals surface area (Å²) in [6, 6.07) is 10.8. The van der Waals surface area contributed by atoms with Gasteiger partial charge in [-0.3, -0.25) is 0 Å². The van der Waals surface area contributed by atoms with Crippen molar-refractivity contribution in [2.24, 2.45) is 0 Å². The van der Waals surface area contributed by atoms with Crippen LogP contribution in [0, 0.1) is 18.3 Å². The Bertz CT molecular complexity index is 356. The zero-order valence-corrected chi connectivity index (χ0v) is 7.88. The molecular formula is C12H13N. The fourth-order valence-corrected chi connectivity index (χ4v) is 1.94. The Morgan fingerprint density at radius 1 is 1.38 bits per heavy atom. The second-order valence-corrected chi connectivity index (χ2v) is 3.92. The number of aryl methyl sites for hydroxylation is 1. The first kappa shape index (κ1) is 8.31. The van der Waals surface area contributed by atoms with Gasteiger partial charge in [-0.2, -0.15) is 5.26 Å². The SMILES string of the molecule is Cc1cccc(C2(C#N)CCC2)c1. The maximum Gasteiger partial charge on any atom is 0.0822 e. The highest BCUT2D eigenvalue weighted by Gasteiger charge is 2.38. The average Bonchev–Trinajstić information content (AvgIpc) is 2.03. The largest absolute Gasteiger partial charge is 0.197 e. The zero-order valence-electron chi connectivity index (χ0n) is 7.88. The smallest absolute Gasteiger partial charge is 0.0822 e. The number of nitrogens with zero attached hydrogens (tertiary/aromatic N) is 1. The summed E-state index contributed by atoms with van der Waals surface area (Å²) in [4.78, 5) is 0. The first-order valence-electron chi connectivity index (χ1n) is 4.75. The van der Waals surface area contributed by atoms with E-state index in [4.69, 9.17) is 5.26 Å². The van der Waals surface area contributed by atoms with Crippen LogP contribution < -0.4 is 0 Å². The molecule has 66 valence electrons. The van der Waals surface area contributed by atoms with Crippen molar-refractivity contribution >= 4 is 0 Å². The van der Waals surface area contributed by atoms with Crippen molar-refractivity contribution in [1.29, 1.82) is 5.26 Å². The molecule has 0 spiro atoms. The summed E-state index contributed by atoms with van der Waals surface area (Å²) in [5.41, 5.74) is 2.31. The Hall–Kier alpha value is -1.29. The van der Waals surface area contributed by atoms with Crippen molar-refractivity contribution < 1.29 is 0 Å². The topological polar surface area (TPSA) is 23.8 Å². The highest BCUT2D eigenvalue weighted by Crippen LogP contribution is 2.43. The lowest BCUT2D eigenvalue weighted by Crippen LogP contribution is -2.32. The van der Waals surface area contributed by atoms with E-state index in [-0.39, 0.29) is 5.41 Å². The summed E-state index contributed by atoms with van der Waals surface area (Å²) in [6.07, 6.45) is 3.27.